The number of rotatable bonds is 8. The Balaban J connectivity index is 2.62. The average Bonchev–Trinajstić information content (AvgIpc) is 2.45. The van der Waals surface area contributed by atoms with Gasteiger partial charge in [-0.25, -0.2) is 9.59 Å². The molecular formula is C13H17NO6. The molecule has 0 aliphatic rings. The van der Waals surface area contributed by atoms with Gasteiger partial charge < -0.3 is 25.1 Å². The van der Waals surface area contributed by atoms with Crippen LogP contribution in [-0.4, -0.2) is 43.1 Å². The molecule has 0 bridgehead atoms. The van der Waals surface area contributed by atoms with Crippen LogP contribution in [0.25, 0.3) is 0 Å². The van der Waals surface area contributed by atoms with Crippen molar-refractivity contribution in [2.45, 2.75) is 12.1 Å². The first-order valence-electron chi connectivity index (χ1n) is 5.81. The van der Waals surface area contributed by atoms with Crippen molar-refractivity contribution in [2.75, 3.05) is 20.5 Å². The maximum atomic E-state index is 11.8. The topological polar surface area (TPSA) is 108 Å². The van der Waals surface area contributed by atoms with Crippen LogP contribution < -0.4 is 5.73 Å². The van der Waals surface area contributed by atoms with Gasteiger partial charge in [-0.05, 0) is 5.56 Å². The van der Waals surface area contributed by atoms with E-state index in [0.717, 1.165) is 5.56 Å². The van der Waals surface area contributed by atoms with Gasteiger partial charge in [-0.2, -0.15) is 0 Å². The van der Waals surface area contributed by atoms with Crippen molar-refractivity contribution in [2.24, 2.45) is 5.73 Å². The Labute approximate surface area is 116 Å². The van der Waals surface area contributed by atoms with Gasteiger partial charge in [-0.1, -0.05) is 30.3 Å². The number of carbonyl (C=O) groups is 2. The highest BCUT2D eigenvalue weighted by Crippen LogP contribution is 2.09. The number of benzene rings is 1. The third kappa shape index (κ3) is 4.30. The van der Waals surface area contributed by atoms with Crippen molar-refractivity contribution in [3.05, 3.63) is 35.9 Å². The Morgan fingerprint density at radius 2 is 1.95 bits per heavy atom. The van der Waals surface area contributed by atoms with Crippen LogP contribution in [0.4, 0.5) is 0 Å². The van der Waals surface area contributed by atoms with Crippen molar-refractivity contribution in [3.8, 4) is 0 Å². The Hall–Kier alpha value is -1.96. The summed E-state index contributed by atoms with van der Waals surface area (Å²) < 4.78 is 14.4. The third-order valence-corrected chi connectivity index (χ3v) is 2.49. The van der Waals surface area contributed by atoms with Crippen LogP contribution in [0.1, 0.15) is 5.56 Å². The van der Waals surface area contributed by atoms with Crippen LogP contribution >= 0.6 is 0 Å². The molecule has 0 fully saturated rings. The highest BCUT2D eigenvalue weighted by Gasteiger charge is 2.44. The number of esters is 1. The van der Waals surface area contributed by atoms with Gasteiger partial charge in [0.2, 0.25) is 5.54 Å². The number of hydrogen-bond donors (Lipinski definition) is 2. The zero-order valence-electron chi connectivity index (χ0n) is 11.1. The summed E-state index contributed by atoms with van der Waals surface area (Å²) in [4.78, 5) is 22.9. The number of hydrogen-bond acceptors (Lipinski definition) is 6. The minimum Gasteiger partial charge on any atom is -0.479 e. The van der Waals surface area contributed by atoms with Gasteiger partial charge in [0.25, 0.3) is 0 Å². The average molecular weight is 283 g/mol. The zero-order chi connectivity index (χ0) is 15.0. The van der Waals surface area contributed by atoms with E-state index in [4.69, 9.17) is 20.3 Å². The molecule has 0 radical (unpaired) electrons. The molecule has 0 amide bonds. The van der Waals surface area contributed by atoms with Crippen LogP contribution in [0.15, 0.2) is 30.3 Å². The van der Waals surface area contributed by atoms with Gasteiger partial charge in [0, 0.05) is 7.11 Å². The van der Waals surface area contributed by atoms with Crippen LogP contribution in [0, 0.1) is 0 Å². The first kappa shape index (κ1) is 16.1. The minimum absolute atomic E-state index is 0.0593. The van der Waals surface area contributed by atoms with Crippen molar-refractivity contribution >= 4 is 11.9 Å². The molecule has 1 atom stereocenters. The highest BCUT2D eigenvalue weighted by molar-refractivity contribution is 6.04. The molecule has 7 nitrogen and oxygen atoms in total. The molecule has 1 unspecified atom stereocenters. The molecule has 1 rings (SSSR count). The summed E-state index contributed by atoms with van der Waals surface area (Å²) in [6.07, 6.45) is 0. The summed E-state index contributed by atoms with van der Waals surface area (Å²) in [5.74, 6) is -2.59. The molecule has 0 saturated heterocycles. The molecule has 1 aromatic rings. The molecule has 0 spiro atoms. The summed E-state index contributed by atoms with van der Waals surface area (Å²) in [6.45, 7) is -0.766. The number of ether oxygens (including phenoxy) is 3. The fourth-order valence-corrected chi connectivity index (χ4v) is 1.35. The summed E-state index contributed by atoms with van der Waals surface area (Å²) in [5.41, 5.74) is 4.01. The largest absolute Gasteiger partial charge is 0.479 e. The van der Waals surface area contributed by atoms with E-state index in [-0.39, 0.29) is 13.4 Å². The van der Waals surface area contributed by atoms with Crippen LogP contribution in [-0.2, 0) is 30.4 Å². The van der Waals surface area contributed by atoms with Gasteiger partial charge in [0.1, 0.15) is 13.4 Å². The monoisotopic (exact) mass is 283 g/mol. The number of carbonyl (C=O) groups excluding carboxylic acids is 1. The van der Waals surface area contributed by atoms with Crippen molar-refractivity contribution in [1.29, 1.82) is 0 Å². The van der Waals surface area contributed by atoms with E-state index in [0.29, 0.717) is 0 Å². The van der Waals surface area contributed by atoms with Gasteiger partial charge in [-0.15, -0.1) is 0 Å². The molecule has 0 aromatic heterocycles. The lowest BCUT2D eigenvalue weighted by molar-refractivity contribution is -0.167. The predicted octanol–water partition coefficient (Wildman–Crippen LogP) is 0.132. The minimum atomic E-state index is -2.26. The van der Waals surface area contributed by atoms with E-state index in [1.807, 2.05) is 6.07 Å². The maximum absolute atomic E-state index is 11.8. The Bertz CT molecular complexity index is 449. The molecule has 0 aliphatic heterocycles. The van der Waals surface area contributed by atoms with Gasteiger partial charge in [0.05, 0.1) is 6.61 Å². The van der Waals surface area contributed by atoms with E-state index < -0.39 is 24.1 Å². The maximum Gasteiger partial charge on any atom is 0.340 e. The first-order valence-corrected chi connectivity index (χ1v) is 5.81. The van der Waals surface area contributed by atoms with E-state index in [1.165, 1.54) is 7.11 Å². The second kappa shape index (κ2) is 7.59. The third-order valence-electron chi connectivity index (χ3n) is 2.49. The number of aliphatic carboxylic acids is 1. The van der Waals surface area contributed by atoms with E-state index >= 15 is 0 Å². The SMILES string of the molecule is COCOCC(N)(C(=O)O)C(=O)OCc1ccccc1. The predicted molar refractivity (Wildman–Crippen MR) is 68.6 cm³/mol. The number of methoxy groups -OCH3 is 1. The van der Waals surface area contributed by atoms with E-state index in [2.05, 4.69) is 4.74 Å². The molecule has 0 aliphatic carbocycles. The molecule has 1 aromatic carbocycles. The van der Waals surface area contributed by atoms with E-state index in [9.17, 15) is 9.59 Å². The van der Waals surface area contributed by atoms with Crippen LogP contribution in [0.5, 0.6) is 0 Å². The Morgan fingerprint density at radius 3 is 2.50 bits per heavy atom. The molecule has 20 heavy (non-hydrogen) atoms. The van der Waals surface area contributed by atoms with Crippen LogP contribution in [0.3, 0.4) is 0 Å². The molecule has 0 heterocycles. The lowest BCUT2D eigenvalue weighted by Crippen LogP contribution is -2.59. The summed E-state index contributed by atoms with van der Waals surface area (Å²) in [7, 11) is 1.37. The van der Waals surface area contributed by atoms with Crippen molar-refractivity contribution < 1.29 is 28.9 Å². The standard InChI is InChI=1S/C13H17NO6/c1-18-9-19-8-13(14,11(15)16)12(17)20-7-10-5-3-2-4-6-10/h2-6H,7-9,14H2,1H3,(H,15,16). The lowest BCUT2D eigenvalue weighted by atomic mass is 10.0. The van der Waals surface area contributed by atoms with Gasteiger partial charge in [0.15, 0.2) is 0 Å². The second-order valence-corrected chi connectivity index (χ2v) is 4.09. The molecule has 7 heteroatoms. The fraction of sp³-hybridized carbons (Fsp3) is 0.385. The Morgan fingerprint density at radius 1 is 1.30 bits per heavy atom. The van der Waals surface area contributed by atoms with Gasteiger partial charge in [-0.3, -0.25) is 0 Å². The van der Waals surface area contributed by atoms with Crippen LogP contribution in [0.2, 0.25) is 0 Å². The normalized spacial score (nSPS) is 13.5. The lowest BCUT2D eigenvalue weighted by Gasteiger charge is -2.22. The molecule has 0 saturated carbocycles. The van der Waals surface area contributed by atoms with Crippen molar-refractivity contribution in [1.82, 2.24) is 0 Å². The summed E-state index contributed by atoms with van der Waals surface area (Å²) >= 11 is 0. The molecule has 110 valence electrons. The number of nitrogens with two attached hydrogens (primary N) is 1. The van der Waals surface area contributed by atoms with E-state index in [1.54, 1.807) is 24.3 Å². The Kier molecular flexibility index (Phi) is 6.10. The van der Waals surface area contributed by atoms with Gasteiger partial charge >= 0.3 is 11.9 Å². The first-order chi connectivity index (χ1) is 9.50. The number of carboxylic acid groups (broad SMARTS) is 1. The van der Waals surface area contributed by atoms with Crippen molar-refractivity contribution in [3.63, 3.8) is 0 Å². The zero-order valence-corrected chi connectivity index (χ0v) is 11.1. The molecule has 3 N–H and O–H groups in total. The highest BCUT2D eigenvalue weighted by atomic mass is 16.7. The molecular weight excluding hydrogens is 266 g/mol. The second-order valence-electron chi connectivity index (χ2n) is 4.09. The number of carboxylic acids is 1. The fourth-order valence-electron chi connectivity index (χ4n) is 1.35. The quantitative estimate of drug-likeness (QED) is 0.302. The smallest absolute Gasteiger partial charge is 0.340 e. The summed E-state index contributed by atoms with van der Waals surface area (Å²) in [6, 6.07) is 8.85. The summed E-state index contributed by atoms with van der Waals surface area (Å²) in [5, 5.41) is 9.05.